The average Bonchev–Trinajstić information content (AvgIpc) is 3.87. The van der Waals surface area contributed by atoms with E-state index in [9.17, 15) is 19.2 Å². The Kier molecular flexibility index (Phi) is 10.3. The van der Waals surface area contributed by atoms with E-state index in [0.717, 1.165) is 18.4 Å². The lowest BCUT2D eigenvalue weighted by Gasteiger charge is -2.41. The molecule has 0 unspecified atom stereocenters. The second-order valence-electron chi connectivity index (χ2n) is 15.5. The van der Waals surface area contributed by atoms with Gasteiger partial charge in [0.1, 0.15) is 11.4 Å². The summed E-state index contributed by atoms with van der Waals surface area (Å²) in [6.07, 6.45) is 2.03. The number of fused-ring (bicyclic) bond motifs is 1. The fraction of sp³-hybridized carbons (Fsp3) is 0.579. The lowest BCUT2D eigenvalue weighted by Crippen LogP contribution is -2.55. The molecule has 0 bridgehead atoms. The minimum absolute atomic E-state index is 0.0228. The molecule has 2 aromatic carbocycles. The Morgan fingerprint density at radius 2 is 1.67 bits per heavy atom. The van der Waals surface area contributed by atoms with Gasteiger partial charge in [-0.1, -0.05) is 30.3 Å². The largest absolute Gasteiger partial charge is 0.476 e. The van der Waals surface area contributed by atoms with Crippen molar-refractivity contribution in [1.82, 2.24) is 10.2 Å². The smallest absolute Gasteiger partial charge is 0.410 e. The molecule has 49 heavy (non-hydrogen) atoms. The van der Waals surface area contributed by atoms with Gasteiger partial charge in [0.05, 0.1) is 23.1 Å². The van der Waals surface area contributed by atoms with Gasteiger partial charge in [-0.15, -0.1) is 0 Å². The molecule has 0 aromatic heterocycles. The molecule has 2 atom stereocenters. The van der Waals surface area contributed by atoms with Crippen LogP contribution in [-0.4, -0.2) is 79.3 Å². The zero-order valence-corrected chi connectivity index (χ0v) is 30.2. The van der Waals surface area contributed by atoms with E-state index in [1.807, 2.05) is 62.4 Å². The molecule has 11 nitrogen and oxygen atoms in total. The zero-order valence-electron chi connectivity index (χ0n) is 30.2. The van der Waals surface area contributed by atoms with Crippen molar-refractivity contribution in [2.24, 2.45) is 11.8 Å². The van der Waals surface area contributed by atoms with Gasteiger partial charge < -0.3 is 34.2 Å². The molecule has 1 N–H and O–H groups in total. The van der Waals surface area contributed by atoms with Gasteiger partial charge in [0, 0.05) is 45.1 Å². The SMILES string of the molecule is COCCCN1C(=O)C(C)(C)Oc2ccc(N(C(=O)[C@@H]3C[C@H](C(=O)NC(C)(C)c4ccccc4)CN(C(=O)OC(C)(C)C)C3)C3CC3)cc21. The van der Waals surface area contributed by atoms with E-state index < -0.39 is 34.7 Å². The van der Waals surface area contributed by atoms with E-state index in [1.54, 1.807) is 51.5 Å². The fourth-order valence-electron chi connectivity index (χ4n) is 6.62. The average molecular weight is 677 g/mol. The molecule has 1 saturated heterocycles. The molecular weight excluding hydrogens is 624 g/mol. The van der Waals surface area contributed by atoms with Crippen LogP contribution in [0.1, 0.15) is 79.7 Å². The number of nitrogens with one attached hydrogen (secondary N) is 1. The number of likely N-dealkylation sites (tertiary alicyclic amines) is 1. The highest BCUT2D eigenvalue weighted by Crippen LogP contribution is 2.43. The van der Waals surface area contributed by atoms with E-state index in [0.29, 0.717) is 36.7 Å². The molecule has 0 radical (unpaired) electrons. The number of hydrogen-bond donors (Lipinski definition) is 1. The van der Waals surface area contributed by atoms with E-state index in [2.05, 4.69) is 5.32 Å². The van der Waals surface area contributed by atoms with E-state index >= 15 is 0 Å². The summed E-state index contributed by atoms with van der Waals surface area (Å²) in [5, 5.41) is 3.17. The molecule has 3 aliphatic rings. The number of ether oxygens (including phenoxy) is 3. The first-order valence-corrected chi connectivity index (χ1v) is 17.3. The van der Waals surface area contributed by atoms with Crippen LogP contribution in [0.25, 0.3) is 0 Å². The van der Waals surface area contributed by atoms with Gasteiger partial charge >= 0.3 is 6.09 Å². The molecule has 266 valence electrons. The second kappa shape index (κ2) is 14.0. The molecule has 2 fully saturated rings. The lowest BCUT2D eigenvalue weighted by atomic mass is 9.86. The Labute approximate surface area is 290 Å². The number of carbonyl (C=O) groups is 4. The topological polar surface area (TPSA) is 118 Å². The van der Waals surface area contributed by atoms with Crippen LogP contribution in [0.4, 0.5) is 16.2 Å². The maximum Gasteiger partial charge on any atom is 0.410 e. The van der Waals surface area contributed by atoms with Gasteiger partial charge in [-0.3, -0.25) is 14.4 Å². The summed E-state index contributed by atoms with van der Waals surface area (Å²) in [5.41, 5.74) is -0.238. The first-order chi connectivity index (χ1) is 23.0. The van der Waals surface area contributed by atoms with Crippen molar-refractivity contribution in [2.75, 3.05) is 43.2 Å². The third-order valence-electron chi connectivity index (χ3n) is 9.27. The van der Waals surface area contributed by atoms with Crippen molar-refractivity contribution >= 4 is 35.2 Å². The van der Waals surface area contributed by atoms with E-state index in [4.69, 9.17) is 14.2 Å². The van der Waals surface area contributed by atoms with Crippen LogP contribution in [0.15, 0.2) is 48.5 Å². The Morgan fingerprint density at radius 1 is 1.00 bits per heavy atom. The first kappa shape index (κ1) is 36.2. The number of anilines is 2. The van der Waals surface area contributed by atoms with Crippen molar-refractivity contribution in [3.05, 3.63) is 54.1 Å². The molecule has 2 heterocycles. The number of methoxy groups -OCH3 is 1. The van der Waals surface area contributed by atoms with Crippen LogP contribution in [-0.2, 0) is 29.4 Å². The van der Waals surface area contributed by atoms with Gasteiger partial charge in [0.25, 0.3) is 5.91 Å². The van der Waals surface area contributed by atoms with Gasteiger partial charge in [0.15, 0.2) is 5.60 Å². The number of hydrogen-bond acceptors (Lipinski definition) is 7. The summed E-state index contributed by atoms with van der Waals surface area (Å²) >= 11 is 0. The lowest BCUT2D eigenvalue weighted by molar-refractivity contribution is -0.133. The molecule has 2 aromatic rings. The number of rotatable bonds is 10. The minimum atomic E-state index is -1.04. The van der Waals surface area contributed by atoms with Gasteiger partial charge in [-0.25, -0.2) is 4.79 Å². The highest BCUT2D eigenvalue weighted by molar-refractivity contribution is 6.04. The van der Waals surface area contributed by atoms with Gasteiger partial charge in [0.2, 0.25) is 11.8 Å². The monoisotopic (exact) mass is 676 g/mol. The molecular formula is C38H52N4O7. The van der Waals surface area contributed by atoms with E-state index in [-0.39, 0.29) is 43.3 Å². The van der Waals surface area contributed by atoms with Gasteiger partial charge in [-0.2, -0.15) is 0 Å². The third-order valence-corrected chi connectivity index (χ3v) is 9.27. The summed E-state index contributed by atoms with van der Waals surface area (Å²) in [7, 11) is 1.63. The molecule has 4 amide bonds. The summed E-state index contributed by atoms with van der Waals surface area (Å²) in [6, 6.07) is 15.2. The maximum atomic E-state index is 14.6. The van der Waals surface area contributed by atoms with Crippen molar-refractivity contribution in [2.45, 2.75) is 96.9 Å². The number of benzene rings is 2. The molecule has 1 aliphatic carbocycles. The molecule has 0 spiro atoms. The van der Waals surface area contributed by atoms with Crippen molar-refractivity contribution in [3.8, 4) is 5.75 Å². The first-order valence-electron chi connectivity index (χ1n) is 17.3. The highest BCUT2D eigenvalue weighted by Gasteiger charge is 2.45. The summed E-state index contributed by atoms with van der Waals surface area (Å²) in [5.74, 6) is -1.26. The fourth-order valence-corrected chi connectivity index (χ4v) is 6.62. The van der Waals surface area contributed by atoms with E-state index in [1.165, 1.54) is 4.90 Å². The van der Waals surface area contributed by atoms with Crippen LogP contribution in [0.5, 0.6) is 5.75 Å². The van der Waals surface area contributed by atoms with Gasteiger partial charge in [-0.05, 0) is 97.9 Å². The third kappa shape index (κ3) is 8.37. The minimum Gasteiger partial charge on any atom is -0.476 e. The van der Waals surface area contributed by atoms with Crippen molar-refractivity contribution in [3.63, 3.8) is 0 Å². The summed E-state index contributed by atoms with van der Waals surface area (Å²) < 4.78 is 17.1. The predicted molar refractivity (Wildman–Crippen MR) is 188 cm³/mol. The Balaban J connectivity index is 1.44. The maximum absolute atomic E-state index is 14.6. The highest BCUT2D eigenvalue weighted by atomic mass is 16.6. The van der Waals surface area contributed by atoms with Crippen molar-refractivity contribution < 1.29 is 33.4 Å². The second-order valence-corrected chi connectivity index (χ2v) is 15.5. The van der Waals surface area contributed by atoms with Crippen LogP contribution >= 0.6 is 0 Å². The van der Waals surface area contributed by atoms with Crippen LogP contribution in [0.3, 0.4) is 0 Å². The molecule has 11 heteroatoms. The molecule has 1 saturated carbocycles. The van der Waals surface area contributed by atoms with Crippen LogP contribution in [0, 0.1) is 11.8 Å². The Bertz CT molecular complexity index is 1550. The zero-order chi connectivity index (χ0) is 35.7. The normalized spacial score (nSPS) is 20.6. The Morgan fingerprint density at radius 3 is 2.31 bits per heavy atom. The summed E-state index contributed by atoms with van der Waals surface area (Å²) in [6.45, 7) is 14.0. The Hall–Kier alpha value is -4.12. The quantitative estimate of drug-likeness (QED) is 0.324. The number of amides is 4. The standard InChI is InChI=1S/C38H52N4O7/c1-36(2,3)49-35(46)40-23-25(32(43)39-37(4,5)27-13-10-9-11-14-27)21-26(24-40)33(44)42(28-15-16-28)29-17-18-31-30(22-29)41(19-12-20-47-8)34(45)38(6,7)48-31/h9-11,13-14,17-18,22,25-26,28H,12,15-16,19-21,23-24H2,1-8H3,(H,39,43)/t25-,26+/m0/s1. The number of carbonyl (C=O) groups excluding carboxylic acids is 4. The van der Waals surface area contributed by atoms with Crippen LogP contribution < -0.4 is 19.9 Å². The molecule has 5 rings (SSSR count). The number of nitrogens with zero attached hydrogens (tertiary/aromatic N) is 3. The number of piperidine rings is 1. The summed E-state index contributed by atoms with van der Waals surface area (Å²) in [4.78, 5) is 60.5. The van der Waals surface area contributed by atoms with Crippen molar-refractivity contribution in [1.29, 1.82) is 0 Å². The molecule has 2 aliphatic heterocycles. The predicted octanol–water partition coefficient (Wildman–Crippen LogP) is 5.65. The van der Waals surface area contributed by atoms with Crippen LogP contribution in [0.2, 0.25) is 0 Å².